The molecule has 0 saturated heterocycles. The van der Waals surface area contributed by atoms with Gasteiger partial charge < -0.3 is 20.6 Å². The average molecular weight is 220 g/mol. The van der Waals surface area contributed by atoms with E-state index >= 15 is 0 Å². The number of rotatable bonds is 4. The standard InChI is InChI=1S/C12H16N2O2/c1-16-10-3-2-8-4-11(9(6-13)7-15)14-12(8)5-10/h2-5,9,14-15H,6-7,13H2,1H3. The Labute approximate surface area is 94.0 Å². The van der Waals surface area contributed by atoms with Crippen LogP contribution in [0.1, 0.15) is 11.6 Å². The van der Waals surface area contributed by atoms with Gasteiger partial charge in [-0.2, -0.15) is 0 Å². The Kier molecular flexibility index (Phi) is 3.12. The van der Waals surface area contributed by atoms with Gasteiger partial charge in [-0.25, -0.2) is 0 Å². The molecule has 1 heterocycles. The molecule has 0 fully saturated rings. The molecule has 2 aromatic rings. The highest BCUT2D eigenvalue weighted by atomic mass is 16.5. The summed E-state index contributed by atoms with van der Waals surface area (Å²) in [5, 5.41) is 10.3. The molecule has 0 aliphatic carbocycles. The maximum atomic E-state index is 9.18. The molecule has 0 aliphatic heterocycles. The van der Waals surface area contributed by atoms with Crippen LogP contribution < -0.4 is 10.5 Å². The molecule has 4 nitrogen and oxygen atoms in total. The molecule has 1 aromatic carbocycles. The second-order valence-corrected chi connectivity index (χ2v) is 3.79. The smallest absolute Gasteiger partial charge is 0.120 e. The van der Waals surface area contributed by atoms with Gasteiger partial charge in [-0.05, 0) is 23.6 Å². The van der Waals surface area contributed by atoms with Crippen LogP contribution in [0.25, 0.3) is 10.9 Å². The Morgan fingerprint density at radius 1 is 1.44 bits per heavy atom. The lowest BCUT2D eigenvalue weighted by Crippen LogP contribution is -2.16. The van der Waals surface area contributed by atoms with Crippen LogP contribution in [0.5, 0.6) is 5.75 Å². The number of fused-ring (bicyclic) bond motifs is 1. The summed E-state index contributed by atoms with van der Waals surface area (Å²) in [5.74, 6) is 0.785. The third kappa shape index (κ3) is 1.89. The van der Waals surface area contributed by atoms with Gasteiger partial charge in [0.05, 0.1) is 13.7 Å². The van der Waals surface area contributed by atoms with Crippen molar-refractivity contribution in [2.75, 3.05) is 20.3 Å². The second kappa shape index (κ2) is 4.55. The molecule has 4 N–H and O–H groups in total. The Hall–Kier alpha value is -1.52. The van der Waals surface area contributed by atoms with E-state index in [0.29, 0.717) is 6.54 Å². The van der Waals surface area contributed by atoms with Crippen molar-refractivity contribution in [2.45, 2.75) is 5.92 Å². The number of ether oxygens (including phenoxy) is 1. The van der Waals surface area contributed by atoms with Crippen molar-refractivity contribution in [3.63, 3.8) is 0 Å². The van der Waals surface area contributed by atoms with E-state index in [-0.39, 0.29) is 12.5 Å². The fourth-order valence-corrected chi connectivity index (χ4v) is 1.78. The van der Waals surface area contributed by atoms with Crippen LogP contribution in [0.4, 0.5) is 0 Å². The van der Waals surface area contributed by atoms with Crippen molar-refractivity contribution in [2.24, 2.45) is 5.73 Å². The highest BCUT2D eigenvalue weighted by Gasteiger charge is 2.11. The van der Waals surface area contributed by atoms with Crippen molar-refractivity contribution >= 4 is 10.9 Å². The lowest BCUT2D eigenvalue weighted by molar-refractivity contribution is 0.266. The Balaban J connectivity index is 2.43. The third-order valence-corrected chi connectivity index (χ3v) is 2.80. The van der Waals surface area contributed by atoms with Crippen LogP contribution in [0.15, 0.2) is 24.3 Å². The molecule has 1 aromatic heterocycles. The molecule has 0 radical (unpaired) electrons. The number of benzene rings is 1. The van der Waals surface area contributed by atoms with Crippen molar-refractivity contribution in [3.8, 4) is 5.75 Å². The number of H-pyrrole nitrogens is 1. The van der Waals surface area contributed by atoms with Crippen LogP contribution in [-0.4, -0.2) is 30.4 Å². The fraction of sp³-hybridized carbons (Fsp3) is 0.333. The SMILES string of the molecule is COc1ccc2cc(C(CN)CO)[nH]c2c1. The van der Waals surface area contributed by atoms with E-state index in [2.05, 4.69) is 4.98 Å². The van der Waals surface area contributed by atoms with E-state index in [9.17, 15) is 5.11 Å². The topological polar surface area (TPSA) is 71.3 Å². The fourth-order valence-electron chi connectivity index (χ4n) is 1.78. The average Bonchev–Trinajstić information content (AvgIpc) is 2.72. The predicted octanol–water partition coefficient (Wildman–Crippen LogP) is 1.21. The zero-order valence-electron chi connectivity index (χ0n) is 9.23. The maximum Gasteiger partial charge on any atom is 0.120 e. The number of hydrogen-bond acceptors (Lipinski definition) is 3. The van der Waals surface area contributed by atoms with Crippen molar-refractivity contribution in [1.82, 2.24) is 4.98 Å². The molecular formula is C12H16N2O2. The summed E-state index contributed by atoms with van der Waals surface area (Å²) in [6.45, 7) is 0.487. The van der Waals surface area contributed by atoms with Gasteiger partial charge in [0.1, 0.15) is 5.75 Å². The molecule has 1 atom stereocenters. The van der Waals surface area contributed by atoms with E-state index < -0.39 is 0 Å². The molecule has 2 rings (SSSR count). The minimum atomic E-state index is -0.0293. The molecule has 1 unspecified atom stereocenters. The molecule has 16 heavy (non-hydrogen) atoms. The quantitative estimate of drug-likeness (QED) is 0.725. The van der Waals surface area contributed by atoms with Gasteiger partial charge in [0.15, 0.2) is 0 Å². The van der Waals surface area contributed by atoms with E-state index in [1.165, 1.54) is 0 Å². The first-order valence-corrected chi connectivity index (χ1v) is 5.26. The summed E-state index contributed by atoms with van der Waals surface area (Å²) in [7, 11) is 1.64. The van der Waals surface area contributed by atoms with E-state index in [1.54, 1.807) is 7.11 Å². The van der Waals surface area contributed by atoms with Crippen molar-refractivity contribution < 1.29 is 9.84 Å². The van der Waals surface area contributed by atoms with Crippen LogP contribution in [-0.2, 0) is 0 Å². The molecule has 0 bridgehead atoms. The number of hydrogen-bond donors (Lipinski definition) is 3. The third-order valence-electron chi connectivity index (χ3n) is 2.80. The first-order valence-electron chi connectivity index (χ1n) is 5.26. The summed E-state index contributed by atoms with van der Waals surface area (Å²) in [6, 6.07) is 7.85. The molecule has 0 aliphatic rings. The second-order valence-electron chi connectivity index (χ2n) is 3.79. The number of aromatic nitrogens is 1. The molecule has 4 heteroatoms. The first-order chi connectivity index (χ1) is 7.78. The molecule has 86 valence electrons. The summed E-state index contributed by atoms with van der Waals surface area (Å²) in [5.41, 5.74) is 7.56. The molecule has 0 saturated carbocycles. The highest BCUT2D eigenvalue weighted by molar-refractivity contribution is 5.82. The van der Waals surface area contributed by atoms with Crippen LogP contribution in [0, 0.1) is 0 Å². The summed E-state index contributed by atoms with van der Waals surface area (Å²) >= 11 is 0. The number of nitrogens with one attached hydrogen (secondary N) is 1. The largest absolute Gasteiger partial charge is 0.497 e. The van der Waals surface area contributed by atoms with E-state index in [0.717, 1.165) is 22.3 Å². The van der Waals surface area contributed by atoms with E-state index in [4.69, 9.17) is 10.5 Å². The van der Waals surface area contributed by atoms with Gasteiger partial charge in [-0.1, -0.05) is 0 Å². The number of aliphatic hydroxyl groups excluding tert-OH is 1. The Morgan fingerprint density at radius 2 is 2.25 bits per heavy atom. The number of aliphatic hydroxyl groups is 1. The zero-order valence-corrected chi connectivity index (χ0v) is 9.23. The highest BCUT2D eigenvalue weighted by Crippen LogP contribution is 2.24. The molecule has 0 spiro atoms. The normalized spacial score (nSPS) is 12.9. The van der Waals surface area contributed by atoms with Crippen molar-refractivity contribution in [1.29, 1.82) is 0 Å². The Morgan fingerprint density at radius 3 is 2.88 bits per heavy atom. The first kappa shape index (κ1) is 11.0. The van der Waals surface area contributed by atoms with Gasteiger partial charge in [0.2, 0.25) is 0 Å². The minimum absolute atomic E-state index is 0.0293. The lowest BCUT2D eigenvalue weighted by Gasteiger charge is -2.07. The summed E-state index contributed by atoms with van der Waals surface area (Å²) < 4.78 is 5.15. The lowest BCUT2D eigenvalue weighted by atomic mass is 10.1. The van der Waals surface area contributed by atoms with Gasteiger partial charge in [-0.3, -0.25) is 0 Å². The number of aromatic amines is 1. The van der Waals surface area contributed by atoms with Crippen molar-refractivity contribution in [3.05, 3.63) is 30.0 Å². The predicted molar refractivity (Wildman–Crippen MR) is 63.7 cm³/mol. The van der Waals surface area contributed by atoms with Gasteiger partial charge >= 0.3 is 0 Å². The van der Waals surface area contributed by atoms with Gasteiger partial charge in [0.25, 0.3) is 0 Å². The van der Waals surface area contributed by atoms with E-state index in [1.807, 2.05) is 24.3 Å². The number of methoxy groups -OCH3 is 1. The van der Waals surface area contributed by atoms with Crippen LogP contribution in [0.3, 0.4) is 0 Å². The van der Waals surface area contributed by atoms with Gasteiger partial charge in [0, 0.05) is 29.7 Å². The summed E-state index contributed by atoms with van der Waals surface area (Å²) in [6.07, 6.45) is 0. The molecular weight excluding hydrogens is 204 g/mol. The van der Waals surface area contributed by atoms with Gasteiger partial charge in [-0.15, -0.1) is 0 Å². The maximum absolute atomic E-state index is 9.18. The Bertz CT molecular complexity index is 475. The minimum Gasteiger partial charge on any atom is -0.497 e. The van der Waals surface area contributed by atoms with Crippen LogP contribution >= 0.6 is 0 Å². The number of nitrogens with two attached hydrogens (primary N) is 1. The van der Waals surface area contributed by atoms with Crippen LogP contribution in [0.2, 0.25) is 0 Å². The zero-order chi connectivity index (χ0) is 11.5. The summed E-state index contributed by atoms with van der Waals surface area (Å²) in [4.78, 5) is 3.25. The molecule has 0 amide bonds. The monoisotopic (exact) mass is 220 g/mol.